The number of carbonyl (C=O) groups is 3. The molecule has 0 aliphatic heterocycles. The lowest BCUT2D eigenvalue weighted by Crippen LogP contribution is -2.40. The Kier molecular flexibility index (Phi) is 49.3. The molecule has 0 aromatic heterocycles. The Labute approximate surface area is 434 Å². The van der Waals surface area contributed by atoms with Gasteiger partial charge < -0.3 is 28.5 Å². The van der Waals surface area contributed by atoms with E-state index in [-0.39, 0.29) is 38.6 Å². The van der Waals surface area contributed by atoms with E-state index in [1.807, 2.05) is 21.1 Å². The van der Waals surface area contributed by atoms with E-state index in [0.29, 0.717) is 17.4 Å². The van der Waals surface area contributed by atoms with Crippen molar-refractivity contribution >= 4 is 17.9 Å². The fourth-order valence-electron chi connectivity index (χ4n) is 7.20. The van der Waals surface area contributed by atoms with E-state index >= 15 is 0 Å². The van der Waals surface area contributed by atoms with Crippen LogP contribution < -0.4 is 0 Å². The molecule has 2 atom stereocenters. The van der Waals surface area contributed by atoms with Crippen molar-refractivity contribution in [1.29, 1.82) is 0 Å². The predicted molar refractivity (Wildman–Crippen MR) is 299 cm³/mol. The van der Waals surface area contributed by atoms with Gasteiger partial charge in [-0.1, -0.05) is 200 Å². The molecule has 0 amide bonds. The second kappa shape index (κ2) is 52.3. The van der Waals surface area contributed by atoms with E-state index in [4.69, 9.17) is 18.9 Å². The molecule has 71 heavy (non-hydrogen) atoms. The summed E-state index contributed by atoms with van der Waals surface area (Å²) in [4.78, 5) is 37.4. The largest absolute Gasteiger partial charge is 0.477 e. The number of carbonyl (C=O) groups excluding carboxylic acids is 2. The summed E-state index contributed by atoms with van der Waals surface area (Å²) in [5.74, 6) is -2.05. The highest BCUT2D eigenvalue weighted by atomic mass is 16.7. The highest BCUT2D eigenvalue weighted by Crippen LogP contribution is 2.14. The first-order chi connectivity index (χ1) is 34.6. The molecule has 0 heterocycles. The molecular weight excluding hydrogens is 887 g/mol. The molecule has 2 unspecified atom stereocenters. The maximum absolute atomic E-state index is 12.9. The zero-order valence-corrected chi connectivity index (χ0v) is 45.8. The average Bonchev–Trinajstić information content (AvgIpc) is 3.34. The minimum Gasteiger partial charge on any atom is -0.477 e. The Morgan fingerprint density at radius 1 is 0.437 bits per heavy atom. The number of unbranched alkanes of at least 4 members (excludes halogenated alkanes) is 17. The number of likely N-dealkylation sites (N-methyl/N-ethyl adjacent to an activating group) is 1. The summed E-state index contributed by atoms with van der Waals surface area (Å²) in [6.45, 7) is 4.70. The van der Waals surface area contributed by atoms with E-state index in [2.05, 4.69) is 123 Å². The number of hydrogen-bond acceptors (Lipinski definition) is 7. The number of esters is 2. The number of nitrogens with zero attached hydrogens (tertiary/aromatic N) is 1. The maximum atomic E-state index is 12.9. The quantitative estimate of drug-likeness (QED) is 0.0211. The molecule has 0 radical (unpaired) electrons. The second-order valence-corrected chi connectivity index (χ2v) is 19.5. The molecule has 0 aliphatic rings. The highest BCUT2D eigenvalue weighted by Gasteiger charge is 2.25. The molecule has 0 aliphatic carbocycles. The number of ether oxygens (including phenoxy) is 4. The first-order valence-corrected chi connectivity index (χ1v) is 28.1. The predicted octanol–water partition coefficient (Wildman–Crippen LogP) is 16.3. The molecule has 1 N–H and O–H groups in total. The topological polar surface area (TPSA) is 108 Å². The fourth-order valence-corrected chi connectivity index (χ4v) is 7.20. The van der Waals surface area contributed by atoms with Crippen molar-refractivity contribution in [3.8, 4) is 0 Å². The highest BCUT2D eigenvalue weighted by molar-refractivity contribution is 5.71. The van der Waals surface area contributed by atoms with Gasteiger partial charge in [-0.05, 0) is 103 Å². The van der Waals surface area contributed by atoms with Crippen LogP contribution in [-0.2, 0) is 33.3 Å². The fraction of sp³-hybridized carbons (Fsp3) is 0.661. The molecule has 0 rings (SSSR count). The minimum atomic E-state index is -1.52. The average molecular weight is 992 g/mol. The Morgan fingerprint density at radius 3 is 1.20 bits per heavy atom. The molecule has 0 aromatic rings. The molecular formula is C62H104NO8+. The molecule has 0 saturated heterocycles. The SMILES string of the molecule is CC/C=C\C/C=C\C/C=C\C/C=C\C/C=C\C/C=C\C/C=C\CCCCCCCC(=O)OC(COC(=O)CCCCCCCCCCC/C=C\C/C=C\CCCCC)COC(OCC[N+](C)(C)C)C(=O)O. The number of carboxylic acids is 1. The van der Waals surface area contributed by atoms with Crippen molar-refractivity contribution in [2.45, 2.75) is 219 Å². The van der Waals surface area contributed by atoms with E-state index in [9.17, 15) is 19.5 Å². The first-order valence-electron chi connectivity index (χ1n) is 28.1. The van der Waals surface area contributed by atoms with E-state index in [1.54, 1.807) is 0 Å². The van der Waals surface area contributed by atoms with Crippen molar-refractivity contribution in [1.82, 2.24) is 0 Å². The van der Waals surface area contributed by atoms with Gasteiger partial charge in [0.05, 0.1) is 34.4 Å². The Morgan fingerprint density at radius 2 is 0.803 bits per heavy atom. The van der Waals surface area contributed by atoms with Gasteiger partial charge in [0.25, 0.3) is 6.29 Å². The third-order valence-corrected chi connectivity index (χ3v) is 11.5. The lowest BCUT2D eigenvalue weighted by atomic mass is 10.1. The van der Waals surface area contributed by atoms with Crippen LogP contribution in [0.3, 0.4) is 0 Å². The Bertz CT molecular complexity index is 1530. The normalized spacial score (nSPS) is 13.6. The van der Waals surface area contributed by atoms with Gasteiger partial charge in [-0.25, -0.2) is 4.79 Å². The third kappa shape index (κ3) is 53.6. The Balaban J connectivity index is 4.36. The second-order valence-electron chi connectivity index (χ2n) is 19.5. The van der Waals surface area contributed by atoms with Crippen LogP contribution >= 0.6 is 0 Å². The first kappa shape index (κ1) is 67.0. The zero-order valence-electron chi connectivity index (χ0n) is 45.8. The number of quaternary nitrogens is 1. The molecule has 0 aromatic carbocycles. The number of aliphatic carboxylic acids is 1. The summed E-state index contributed by atoms with van der Waals surface area (Å²) >= 11 is 0. The van der Waals surface area contributed by atoms with Crippen LogP contribution in [0, 0.1) is 0 Å². The van der Waals surface area contributed by atoms with Crippen LogP contribution in [0.2, 0.25) is 0 Å². The molecule has 9 nitrogen and oxygen atoms in total. The van der Waals surface area contributed by atoms with Crippen molar-refractivity contribution < 1.29 is 42.9 Å². The van der Waals surface area contributed by atoms with Crippen molar-refractivity contribution in [2.24, 2.45) is 0 Å². The number of rotatable bonds is 50. The van der Waals surface area contributed by atoms with Gasteiger partial charge in [0.1, 0.15) is 13.2 Å². The lowest BCUT2D eigenvalue weighted by molar-refractivity contribution is -0.870. The number of hydrogen-bond donors (Lipinski definition) is 1. The lowest BCUT2D eigenvalue weighted by Gasteiger charge is -2.25. The van der Waals surface area contributed by atoms with Crippen LogP contribution in [0.15, 0.2) is 109 Å². The minimum absolute atomic E-state index is 0.177. The van der Waals surface area contributed by atoms with Crippen LogP contribution in [0.25, 0.3) is 0 Å². The summed E-state index contributed by atoms with van der Waals surface area (Å²) in [7, 11) is 5.95. The van der Waals surface area contributed by atoms with Crippen LogP contribution in [0.5, 0.6) is 0 Å². The summed E-state index contributed by atoms with van der Waals surface area (Å²) in [5.41, 5.74) is 0. The molecule has 9 heteroatoms. The van der Waals surface area contributed by atoms with E-state index in [0.717, 1.165) is 109 Å². The summed E-state index contributed by atoms with van der Waals surface area (Å²) in [6, 6.07) is 0. The van der Waals surface area contributed by atoms with Gasteiger partial charge in [-0.15, -0.1) is 0 Å². The maximum Gasteiger partial charge on any atom is 0.361 e. The van der Waals surface area contributed by atoms with Crippen LogP contribution in [0.1, 0.15) is 206 Å². The van der Waals surface area contributed by atoms with Gasteiger partial charge >= 0.3 is 17.9 Å². The molecule has 0 spiro atoms. The monoisotopic (exact) mass is 991 g/mol. The van der Waals surface area contributed by atoms with Crippen LogP contribution in [0.4, 0.5) is 0 Å². The number of allylic oxidation sites excluding steroid dienone is 18. The molecule has 404 valence electrons. The zero-order chi connectivity index (χ0) is 52.0. The Hall–Kier alpha value is -4.05. The van der Waals surface area contributed by atoms with Crippen molar-refractivity contribution in [2.75, 3.05) is 47.5 Å². The van der Waals surface area contributed by atoms with Crippen molar-refractivity contribution in [3.63, 3.8) is 0 Å². The van der Waals surface area contributed by atoms with E-state index < -0.39 is 24.3 Å². The smallest absolute Gasteiger partial charge is 0.361 e. The van der Waals surface area contributed by atoms with Gasteiger partial charge in [0, 0.05) is 12.8 Å². The van der Waals surface area contributed by atoms with Gasteiger partial charge in [0.15, 0.2) is 6.10 Å². The summed E-state index contributed by atoms with van der Waals surface area (Å²) in [6.07, 6.45) is 68.7. The summed E-state index contributed by atoms with van der Waals surface area (Å²) < 4.78 is 22.8. The van der Waals surface area contributed by atoms with Gasteiger partial charge in [0.2, 0.25) is 0 Å². The standard InChI is InChI=1S/C62H103NO8/c1-6-8-10-12-14-16-18-20-22-24-26-27-28-29-30-31-32-33-35-37-39-41-43-45-47-49-51-53-60(65)71-58(57-70-62(61(66)67)68-55-54-63(3,4)5)56-69-59(64)52-50-48-46-44-42-40-38-36-34-25-23-21-19-17-15-13-11-9-7-2/h8,10,14-17,20-23,26-27,29-30,32-33,37,39,58,62H,6-7,9,11-13,18-19,24-25,28,31,34-36,38,40-57H2,1-5H3/p+1/b10-8-,16-14-,17-15-,22-20-,23-21-,27-26-,30-29-,33-32-,39-37-. The van der Waals surface area contributed by atoms with Crippen molar-refractivity contribution in [3.05, 3.63) is 109 Å². The van der Waals surface area contributed by atoms with Gasteiger partial charge in [-0.2, -0.15) is 0 Å². The van der Waals surface area contributed by atoms with E-state index in [1.165, 1.54) is 64.2 Å². The molecule has 0 saturated carbocycles. The third-order valence-electron chi connectivity index (χ3n) is 11.5. The summed E-state index contributed by atoms with van der Waals surface area (Å²) in [5, 5.41) is 9.69. The van der Waals surface area contributed by atoms with Gasteiger partial charge in [-0.3, -0.25) is 9.59 Å². The number of carboxylic acid groups (broad SMARTS) is 1. The van der Waals surface area contributed by atoms with Crippen LogP contribution in [-0.4, -0.2) is 87.4 Å². The molecule has 0 bridgehead atoms. The molecule has 0 fully saturated rings.